The van der Waals surface area contributed by atoms with Crippen LogP contribution in [0.5, 0.6) is 0 Å². The maximum Gasteiger partial charge on any atom is 0.166 e. The number of carbonyl (C=O) groups is 1. The predicted molar refractivity (Wildman–Crippen MR) is 86.3 cm³/mol. The van der Waals surface area contributed by atoms with Gasteiger partial charge in [0.1, 0.15) is 0 Å². The molecule has 21 heavy (non-hydrogen) atoms. The average Bonchev–Trinajstić information content (AvgIpc) is 2.40. The van der Waals surface area contributed by atoms with Gasteiger partial charge in [0.05, 0.1) is 11.3 Å². The molecule has 108 valence electrons. The van der Waals surface area contributed by atoms with E-state index in [1.807, 2.05) is 19.1 Å². The molecule has 4 heteroatoms. The van der Waals surface area contributed by atoms with Crippen LogP contribution in [0.3, 0.4) is 0 Å². The average molecular weight is 345 g/mol. The minimum Gasteiger partial charge on any atom is -0.294 e. The van der Waals surface area contributed by atoms with Crippen LogP contribution in [-0.2, 0) is 6.42 Å². The quantitative estimate of drug-likeness (QED) is 0.771. The Morgan fingerprint density at radius 3 is 2.71 bits per heavy atom. The number of Topliss-reactive ketones (excluding diaryl/α,β-unsaturated/α-hetero) is 1. The molecule has 1 heterocycles. The lowest BCUT2D eigenvalue weighted by Crippen LogP contribution is -2.28. The van der Waals surface area contributed by atoms with Gasteiger partial charge in [0.25, 0.3) is 0 Å². The molecular weight excluding hydrogens is 328 g/mol. The molecule has 0 atom stereocenters. The van der Waals surface area contributed by atoms with E-state index in [2.05, 4.69) is 45.8 Å². The summed E-state index contributed by atoms with van der Waals surface area (Å²) >= 11 is 3.50. The van der Waals surface area contributed by atoms with Crippen LogP contribution in [0.15, 0.2) is 28.9 Å². The molecule has 1 aromatic carbocycles. The van der Waals surface area contributed by atoms with Gasteiger partial charge in [-0.1, -0.05) is 35.8 Å². The third-order valence-electron chi connectivity index (χ3n) is 3.87. The van der Waals surface area contributed by atoms with E-state index in [-0.39, 0.29) is 11.2 Å². The van der Waals surface area contributed by atoms with E-state index in [0.29, 0.717) is 17.8 Å². The largest absolute Gasteiger partial charge is 0.294 e. The summed E-state index contributed by atoms with van der Waals surface area (Å²) in [6, 6.07) is 6.05. The summed E-state index contributed by atoms with van der Waals surface area (Å²) in [5.41, 5.74) is 3.67. The second-order valence-corrected chi connectivity index (χ2v) is 7.31. The van der Waals surface area contributed by atoms with E-state index in [9.17, 15) is 4.79 Å². The molecule has 0 fully saturated rings. The Bertz CT molecular complexity index is 738. The Morgan fingerprint density at radius 1 is 1.24 bits per heavy atom. The molecule has 3 nitrogen and oxygen atoms in total. The first-order valence-electron chi connectivity index (χ1n) is 7.01. The number of halogens is 1. The van der Waals surface area contributed by atoms with Crippen LogP contribution in [-0.4, -0.2) is 15.8 Å². The lowest BCUT2D eigenvalue weighted by Gasteiger charge is -2.29. The number of benzene rings is 1. The molecule has 1 aliphatic carbocycles. The third-order valence-corrected chi connectivity index (χ3v) is 4.76. The summed E-state index contributed by atoms with van der Waals surface area (Å²) in [5.74, 6) is 0.842. The molecule has 0 bridgehead atoms. The van der Waals surface area contributed by atoms with E-state index >= 15 is 0 Å². The van der Waals surface area contributed by atoms with Gasteiger partial charge >= 0.3 is 0 Å². The number of nitrogens with zero attached hydrogens (tertiary/aromatic N) is 2. The molecule has 3 rings (SSSR count). The normalized spacial score (nSPS) is 16.7. The van der Waals surface area contributed by atoms with Gasteiger partial charge in [0.15, 0.2) is 11.6 Å². The van der Waals surface area contributed by atoms with E-state index in [0.717, 1.165) is 27.7 Å². The summed E-state index contributed by atoms with van der Waals surface area (Å²) in [6.45, 7) is 6.26. The van der Waals surface area contributed by atoms with Gasteiger partial charge in [-0.05, 0) is 36.5 Å². The first kappa shape index (κ1) is 14.4. The fourth-order valence-electron chi connectivity index (χ4n) is 2.75. The van der Waals surface area contributed by atoms with Crippen molar-refractivity contribution in [3.05, 3.63) is 45.7 Å². The second kappa shape index (κ2) is 5.02. The minimum atomic E-state index is -0.0225. The van der Waals surface area contributed by atoms with Crippen molar-refractivity contribution in [3.8, 4) is 11.4 Å². The van der Waals surface area contributed by atoms with E-state index < -0.39 is 0 Å². The zero-order valence-corrected chi connectivity index (χ0v) is 14.0. The van der Waals surface area contributed by atoms with Crippen molar-refractivity contribution >= 4 is 21.7 Å². The van der Waals surface area contributed by atoms with Crippen LogP contribution in [0.1, 0.15) is 41.9 Å². The van der Waals surface area contributed by atoms with Gasteiger partial charge in [0.2, 0.25) is 0 Å². The zero-order chi connectivity index (χ0) is 15.2. The van der Waals surface area contributed by atoms with Crippen LogP contribution >= 0.6 is 15.9 Å². The van der Waals surface area contributed by atoms with Gasteiger partial charge in [-0.15, -0.1) is 0 Å². The Labute approximate surface area is 133 Å². The Morgan fingerprint density at radius 2 is 2.00 bits per heavy atom. The fraction of sp³-hybridized carbons (Fsp3) is 0.353. The first-order valence-corrected chi connectivity index (χ1v) is 7.81. The lowest BCUT2D eigenvalue weighted by atomic mass is 9.76. The van der Waals surface area contributed by atoms with Crippen molar-refractivity contribution in [2.45, 2.75) is 33.6 Å². The molecule has 0 radical (unpaired) electrons. The van der Waals surface area contributed by atoms with Crippen molar-refractivity contribution in [3.63, 3.8) is 0 Å². The topological polar surface area (TPSA) is 42.9 Å². The second-order valence-electron chi connectivity index (χ2n) is 6.46. The summed E-state index contributed by atoms with van der Waals surface area (Å²) in [6.07, 6.45) is 3.08. The number of hydrogen-bond donors (Lipinski definition) is 0. The summed E-state index contributed by atoms with van der Waals surface area (Å²) in [5, 5.41) is 0. The summed E-state index contributed by atoms with van der Waals surface area (Å²) < 4.78 is 1.07. The highest BCUT2D eigenvalue weighted by molar-refractivity contribution is 9.10. The molecule has 0 saturated carbocycles. The monoisotopic (exact) mass is 344 g/mol. The van der Waals surface area contributed by atoms with Crippen LogP contribution in [0.25, 0.3) is 11.4 Å². The van der Waals surface area contributed by atoms with Crippen LogP contribution < -0.4 is 0 Å². The highest BCUT2D eigenvalue weighted by Gasteiger charge is 2.32. The number of ketones is 1. The highest BCUT2D eigenvalue weighted by atomic mass is 79.9. The maximum atomic E-state index is 12.2. The summed E-state index contributed by atoms with van der Waals surface area (Å²) in [4.78, 5) is 21.2. The molecule has 1 aliphatic rings. The first-order chi connectivity index (χ1) is 9.85. The fourth-order valence-corrected chi connectivity index (χ4v) is 3.00. The van der Waals surface area contributed by atoms with Crippen LogP contribution in [0.2, 0.25) is 0 Å². The highest BCUT2D eigenvalue weighted by Crippen LogP contribution is 2.34. The Balaban J connectivity index is 2.07. The molecule has 2 aromatic rings. The molecule has 0 spiro atoms. The third kappa shape index (κ3) is 2.77. The number of aromatic nitrogens is 2. The maximum absolute atomic E-state index is 12.2. The van der Waals surface area contributed by atoms with E-state index in [1.54, 1.807) is 6.20 Å². The van der Waals surface area contributed by atoms with Gasteiger partial charge in [0, 0.05) is 22.7 Å². The van der Waals surface area contributed by atoms with Crippen molar-refractivity contribution in [2.24, 2.45) is 5.41 Å². The van der Waals surface area contributed by atoms with Crippen molar-refractivity contribution in [1.82, 2.24) is 9.97 Å². The molecule has 1 aromatic heterocycles. The van der Waals surface area contributed by atoms with Gasteiger partial charge in [-0.25, -0.2) is 9.97 Å². The molecule has 0 saturated heterocycles. The lowest BCUT2D eigenvalue weighted by molar-refractivity contribution is 0.0910. The van der Waals surface area contributed by atoms with Gasteiger partial charge in [-0.2, -0.15) is 0 Å². The van der Waals surface area contributed by atoms with Crippen molar-refractivity contribution < 1.29 is 4.79 Å². The standard InChI is InChI=1S/C17H17BrN2O/c1-10-6-11(4-5-13(10)18)16-19-9-12-14(20-16)7-17(2,3)8-15(12)21/h4-6,9H,7-8H2,1-3H3. The molecule has 0 N–H and O–H groups in total. The number of rotatable bonds is 1. The van der Waals surface area contributed by atoms with Crippen LogP contribution in [0.4, 0.5) is 0 Å². The molecular formula is C17H17BrN2O. The molecule has 0 aliphatic heterocycles. The summed E-state index contributed by atoms with van der Waals surface area (Å²) in [7, 11) is 0. The number of carbonyl (C=O) groups excluding carboxylic acids is 1. The Kier molecular flexibility index (Phi) is 3.44. The minimum absolute atomic E-state index is 0.0225. The van der Waals surface area contributed by atoms with Gasteiger partial charge in [-0.3, -0.25) is 4.79 Å². The van der Waals surface area contributed by atoms with E-state index in [4.69, 9.17) is 0 Å². The van der Waals surface area contributed by atoms with Crippen molar-refractivity contribution in [1.29, 1.82) is 0 Å². The van der Waals surface area contributed by atoms with E-state index in [1.165, 1.54) is 0 Å². The van der Waals surface area contributed by atoms with Crippen LogP contribution in [0, 0.1) is 12.3 Å². The number of fused-ring (bicyclic) bond motifs is 1. The molecule has 0 unspecified atom stereocenters. The Hall–Kier alpha value is -1.55. The van der Waals surface area contributed by atoms with Crippen molar-refractivity contribution in [2.75, 3.05) is 0 Å². The predicted octanol–water partition coefficient (Wildman–Crippen LogP) is 4.37. The molecule has 0 amide bonds. The SMILES string of the molecule is Cc1cc(-c2ncc3c(n2)CC(C)(C)CC3=O)ccc1Br. The van der Waals surface area contributed by atoms with Gasteiger partial charge < -0.3 is 0 Å². The number of aryl methyl sites for hydroxylation is 1. The zero-order valence-electron chi connectivity index (χ0n) is 12.4. The smallest absolute Gasteiger partial charge is 0.166 e. The number of hydrogen-bond acceptors (Lipinski definition) is 3.